The molecule has 1 heterocycles. The highest BCUT2D eigenvalue weighted by Crippen LogP contribution is 2.23. The van der Waals surface area contributed by atoms with Gasteiger partial charge in [-0.25, -0.2) is 4.98 Å². The van der Waals surface area contributed by atoms with Gasteiger partial charge in [0.05, 0.1) is 31.1 Å². The highest BCUT2D eigenvalue weighted by molar-refractivity contribution is 5.83. The lowest BCUT2D eigenvalue weighted by Crippen LogP contribution is -2.29. The summed E-state index contributed by atoms with van der Waals surface area (Å²) in [6.45, 7) is 10.2. The van der Waals surface area contributed by atoms with Crippen molar-refractivity contribution in [1.82, 2.24) is 15.2 Å². The Bertz CT molecular complexity index is 732. The van der Waals surface area contributed by atoms with Crippen molar-refractivity contribution in [3.05, 3.63) is 41.7 Å². The highest BCUT2D eigenvalue weighted by atomic mass is 16.5. The lowest BCUT2D eigenvalue weighted by molar-refractivity contribution is -0.138. The quantitative estimate of drug-likeness (QED) is 0.314. The summed E-state index contributed by atoms with van der Waals surface area (Å²) in [5, 5.41) is 11.4. The molecular formula is C23H36N4O4. The number of likely N-dealkylation sites (N-methyl/N-ethyl adjacent to an activating group) is 2. The minimum Gasteiger partial charge on any atom is -0.480 e. The number of nitrogens with zero attached hydrogens (tertiary/aromatic N) is 3. The predicted molar refractivity (Wildman–Crippen MR) is 126 cm³/mol. The maximum absolute atomic E-state index is 10.8. The number of carbonyl (C=O) groups is 2. The second kappa shape index (κ2) is 18.1. The van der Waals surface area contributed by atoms with Gasteiger partial charge < -0.3 is 15.2 Å². The number of ether oxygens (including phenoxy) is 1. The van der Waals surface area contributed by atoms with Crippen LogP contribution in [-0.4, -0.2) is 80.9 Å². The van der Waals surface area contributed by atoms with E-state index < -0.39 is 5.97 Å². The lowest BCUT2D eigenvalue weighted by atomic mass is 10.0. The molecule has 8 heteroatoms. The van der Waals surface area contributed by atoms with Crippen LogP contribution in [0, 0.1) is 0 Å². The Kier molecular flexibility index (Phi) is 16.6. The largest absolute Gasteiger partial charge is 0.480 e. The van der Waals surface area contributed by atoms with E-state index in [9.17, 15) is 9.59 Å². The summed E-state index contributed by atoms with van der Waals surface area (Å²) in [5.74, 6) is -0.808. The van der Waals surface area contributed by atoms with Crippen molar-refractivity contribution in [2.75, 3.05) is 46.9 Å². The van der Waals surface area contributed by atoms with Crippen molar-refractivity contribution >= 4 is 30.2 Å². The smallest absolute Gasteiger partial charge is 0.317 e. The number of aliphatic imine (C=N–C) groups is 1. The molecular weight excluding hydrogens is 396 g/mol. The minimum absolute atomic E-state index is 0.0649. The lowest BCUT2D eigenvalue weighted by Gasteiger charge is -2.13. The van der Waals surface area contributed by atoms with Crippen LogP contribution in [0.25, 0.3) is 5.57 Å². The first kappa shape index (κ1) is 28.3. The average molecular weight is 433 g/mol. The Morgan fingerprint density at radius 1 is 1.35 bits per heavy atom. The molecule has 0 atom stereocenters. The topological polar surface area (TPSA) is 104 Å². The van der Waals surface area contributed by atoms with E-state index in [2.05, 4.69) is 34.2 Å². The second-order valence-electron chi connectivity index (χ2n) is 6.36. The van der Waals surface area contributed by atoms with E-state index in [1.807, 2.05) is 33.0 Å². The third kappa shape index (κ3) is 12.6. The molecule has 1 aromatic heterocycles. The van der Waals surface area contributed by atoms with Gasteiger partial charge in [-0.05, 0) is 51.4 Å². The Labute approximate surface area is 185 Å². The molecule has 0 spiro atoms. The fraction of sp³-hybridized carbons (Fsp3) is 0.478. The molecule has 0 fully saturated rings. The van der Waals surface area contributed by atoms with Crippen molar-refractivity contribution in [3.8, 4) is 0 Å². The van der Waals surface area contributed by atoms with Crippen LogP contribution in [-0.2, 0) is 9.53 Å². The first-order valence-corrected chi connectivity index (χ1v) is 10.4. The molecule has 2 rings (SSSR count). The Morgan fingerprint density at radius 2 is 2.10 bits per heavy atom. The Morgan fingerprint density at radius 3 is 2.65 bits per heavy atom. The van der Waals surface area contributed by atoms with Gasteiger partial charge in [0.1, 0.15) is 5.69 Å². The van der Waals surface area contributed by atoms with Gasteiger partial charge in [0, 0.05) is 13.1 Å². The number of rotatable bonds is 11. The monoisotopic (exact) mass is 432 g/mol. The van der Waals surface area contributed by atoms with Crippen molar-refractivity contribution in [1.29, 1.82) is 0 Å². The fourth-order valence-electron chi connectivity index (χ4n) is 2.46. The summed E-state index contributed by atoms with van der Waals surface area (Å²) in [6.07, 6.45) is 9.05. The van der Waals surface area contributed by atoms with E-state index in [1.165, 1.54) is 0 Å². The van der Waals surface area contributed by atoms with Gasteiger partial charge in [0.2, 0.25) is 0 Å². The predicted octanol–water partition coefficient (Wildman–Crippen LogP) is 3.22. The third-order valence-corrected chi connectivity index (χ3v) is 3.99. The van der Waals surface area contributed by atoms with Gasteiger partial charge in [0.25, 0.3) is 0 Å². The van der Waals surface area contributed by atoms with E-state index in [0.717, 1.165) is 30.7 Å². The molecule has 0 radical (unpaired) electrons. The zero-order chi connectivity index (χ0) is 23.5. The van der Waals surface area contributed by atoms with Gasteiger partial charge in [-0.1, -0.05) is 32.1 Å². The van der Waals surface area contributed by atoms with Crippen LogP contribution < -0.4 is 5.32 Å². The summed E-state index contributed by atoms with van der Waals surface area (Å²) < 4.78 is 5.23. The van der Waals surface area contributed by atoms with Crippen molar-refractivity contribution in [2.24, 2.45) is 4.99 Å². The number of carboxylic acid groups (broad SMARTS) is 1. The van der Waals surface area contributed by atoms with Gasteiger partial charge in [-0.3, -0.25) is 19.5 Å². The second-order valence-corrected chi connectivity index (χ2v) is 6.36. The van der Waals surface area contributed by atoms with E-state index in [1.54, 1.807) is 18.0 Å². The van der Waals surface area contributed by atoms with Gasteiger partial charge in [-0.15, -0.1) is 0 Å². The van der Waals surface area contributed by atoms with Crippen molar-refractivity contribution in [2.45, 2.75) is 26.7 Å². The van der Waals surface area contributed by atoms with E-state index >= 15 is 0 Å². The Hall–Kier alpha value is -2.68. The standard InChI is InChI=1S/C13H12N2O.C8H18N2O3.C2H6/c1-14-12-8-7-11(15-13(12)9-16)10-5-3-2-4-6-10;1-9-3-5-13-6-4-10(2)7-8(11)12;1-2/h3,5-9H,1-2,4H2;9H,3-7H2,1-2H3,(H,11,12);1-2H3. The van der Waals surface area contributed by atoms with Crippen LogP contribution in [0.5, 0.6) is 0 Å². The van der Waals surface area contributed by atoms with Crippen molar-refractivity contribution in [3.63, 3.8) is 0 Å². The number of aliphatic carboxylic acids is 1. The molecule has 0 saturated heterocycles. The number of hydrogen-bond donors (Lipinski definition) is 2. The maximum atomic E-state index is 10.8. The summed E-state index contributed by atoms with van der Waals surface area (Å²) in [5.41, 5.74) is 2.74. The molecule has 2 N–H and O–H groups in total. The van der Waals surface area contributed by atoms with Crippen LogP contribution >= 0.6 is 0 Å². The summed E-state index contributed by atoms with van der Waals surface area (Å²) in [6, 6.07) is 3.63. The Balaban J connectivity index is 0.000000550. The molecule has 0 aliphatic heterocycles. The zero-order valence-electron chi connectivity index (χ0n) is 19.1. The number of carboxylic acids is 1. The van der Waals surface area contributed by atoms with Gasteiger partial charge in [0.15, 0.2) is 6.29 Å². The summed E-state index contributed by atoms with van der Waals surface area (Å²) in [4.78, 5) is 30.8. The van der Waals surface area contributed by atoms with E-state index in [0.29, 0.717) is 37.4 Å². The molecule has 8 nitrogen and oxygen atoms in total. The first-order valence-electron chi connectivity index (χ1n) is 10.4. The first-order chi connectivity index (χ1) is 15.0. The van der Waals surface area contributed by atoms with Crippen LogP contribution in [0.15, 0.2) is 35.4 Å². The van der Waals surface area contributed by atoms with Crippen LogP contribution in [0.4, 0.5) is 5.69 Å². The SMILES string of the molecule is C=Nc1ccc(C2=CCCC=C2)nc1C=O.CC.CNCCOCCN(C)CC(=O)O. The van der Waals surface area contributed by atoms with Crippen molar-refractivity contribution < 1.29 is 19.4 Å². The highest BCUT2D eigenvalue weighted by Gasteiger charge is 2.07. The number of aldehydes is 1. The van der Waals surface area contributed by atoms with E-state index in [-0.39, 0.29) is 6.54 Å². The number of hydrogen-bond acceptors (Lipinski definition) is 7. The molecule has 0 unspecified atom stereocenters. The molecule has 0 bridgehead atoms. The van der Waals surface area contributed by atoms with Crippen LogP contribution in [0.1, 0.15) is 42.9 Å². The number of carbonyl (C=O) groups excluding carboxylic acids is 1. The van der Waals surface area contributed by atoms with E-state index in [4.69, 9.17) is 9.84 Å². The summed E-state index contributed by atoms with van der Waals surface area (Å²) in [7, 11) is 3.62. The normalized spacial score (nSPS) is 12.1. The number of aromatic nitrogens is 1. The minimum atomic E-state index is -0.808. The third-order valence-electron chi connectivity index (χ3n) is 3.99. The molecule has 0 saturated carbocycles. The van der Waals surface area contributed by atoms with Crippen LogP contribution in [0.2, 0.25) is 0 Å². The van der Waals surface area contributed by atoms with Crippen LogP contribution in [0.3, 0.4) is 0 Å². The van der Waals surface area contributed by atoms with Gasteiger partial charge >= 0.3 is 5.97 Å². The zero-order valence-corrected chi connectivity index (χ0v) is 19.1. The fourth-order valence-corrected chi connectivity index (χ4v) is 2.46. The molecule has 1 aliphatic carbocycles. The average Bonchev–Trinajstić information content (AvgIpc) is 2.80. The number of nitrogens with one attached hydrogen (secondary N) is 1. The maximum Gasteiger partial charge on any atom is 0.317 e. The summed E-state index contributed by atoms with van der Waals surface area (Å²) >= 11 is 0. The molecule has 0 amide bonds. The molecule has 0 aromatic carbocycles. The molecule has 31 heavy (non-hydrogen) atoms. The number of pyridine rings is 1. The molecule has 1 aromatic rings. The van der Waals surface area contributed by atoms with Gasteiger partial charge in [-0.2, -0.15) is 0 Å². The molecule has 1 aliphatic rings. The molecule has 172 valence electrons. The number of allylic oxidation sites excluding steroid dienone is 4.